The van der Waals surface area contributed by atoms with Gasteiger partial charge < -0.3 is 21.5 Å². The van der Waals surface area contributed by atoms with Gasteiger partial charge in [0.15, 0.2) is 0 Å². The Balaban J connectivity index is 1.81. The zero-order valence-electron chi connectivity index (χ0n) is 14.3. The maximum Gasteiger partial charge on any atom is 0.310 e. The van der Waals surface area contributed by atoms with Gasteiger partial charge in [-0.2, -0.15) is 15.0 Å². The number of hydrogen-bond donors (Lipinski definition) is 3. The van der Waals surface area contributed by atoms with Gasteiger partial charge in [-0.05, 0) is 22.8 Å². The Hall–Kier alpha value is -3.42. The standard InChI is InChI=1S/C18H20N6O2/c1-26-15(25)13(10-21-18-23-16(19)22-17(20)24-18)9-12-7-4-6-11-5-2-3-8-14(11)12/h2-8,13H,9-10H2,1H3,(H5,19,20,21,22,23,24). The van der Waals surface area contributed by atoms with Gasteiger partial charge in [0, 0.05) is 6.54 Å². The van der Waals surface area contributed by atoms with Crippen molar-refractivity contribution in [2.45, 2.75) is 6.42 Å². The van der Waals surface area contributed by atoms with Crippen LogP contribution in [0.2, 0.25) is 0 Å². The van der Waals surface area contributed by atoms with E-state index in [-0.39, 0.29) is 30.4 Å². The molecule has 134 valence electrons. The van der Waals surface area contributed by atoms with Crippen LogP contribution in [0.25, 0.3) is 10.8 Å². The van der Waals surface area contributed by atoms with E-state index >= 15 is 0 Å². The minimum absolute atomic E-state index is 0.0173. The summed E-state index contributed by atoms with van der Waals surface area (Å²) in [4.78, 5) is 23.9. The van der Waals surface area contributed by atoms with Crippen molar-refractivity contribution < 1.29 is 9.53 Å². The number of aromatic nitrogens is 3. The van der Waals surface area contributed by atoms with Crippen LogP contribution >= 0.6 is 0 Å². The van der Waals surface area contributed by atoms with Gasteiger partial charge >= 0.3 is 5.97 Å². The van der Waals surface area contributed by atoms with E-state index in [1.807, 2.05) is 42.5 Å². The van der Waals surface area contributed by atoms with Gasteiger partial charge in [-0.25, -0.2) is 0 Å². The van der Waals surface area contributed by atoms with Crippen LogP contribution in [-0.2, 0) is 16.0 Å². The fourth-order valence-corrected chi connectivity index (χ4v) is 2.84. The summed E-state index contributed by atoms with van der Waals surface area (Å²) in [6.07, 6.45) is 0.511. The molecule has 0 aliphatic carbocycles. The van der Waals surface area contributed by atoms with E-state index < -0.39 is 5.92 Å². The second kappa shape index (κ2) is 7.64. The summed E-state index contributed by atoms with van der Waals surface area (Å²) in [6, 6.07) is 14.1. The van der Waals surface area contributed by atoms with E-state index in [2.05, 4.69) is 20.3 Å². The molecule has 5 N–H and O–H groups in total. The lowest BCUT2D eigenvalue weighted by Gasteiger charge is -2.17. The minimum atomic E-state index is -0.426. The summed E-state index contributed by atoms with van der Waals surface area (Å²) in [6.45, 7) is 0.277. The van der Waals surface area contributed by atoms with Crippen molar-refractivity contribution in [2.75, 3.05) is 30.4 Å². The molecule has 1 heterocycles. The maximum absolute atomic E-state index is 12.2. The van der Waals surface area contributed by atoms with E-state index in [1.165, 1.54) is 7.11 Å². The third-order valence-electron chi connectivity index (χ3n) is 4.06. The van der Waals surface area contributed by atoms with Crippen LogP contribution in [0.5, 0.6) is 0 Å². The topological polar surface area (TPSA) is 129 Å². The van der Waals surface area contributed by atoms with Crippen LogP contribution in [0.4, 0.5) is 17.8 Å². The molecule has 1 atom stereocenters. The molecule has 0 amide bonds. The molecule has 3 rings (SSSR count). The fraction of sp³-hybridized carbons (Fsp3) is 0.222. The van der Waals surface area contributed by atoms with E-state index in [4.69, 9.17) is 16.2 Å². The number of nitrogens with zero attached hydrogens (tertiary/aromatic N) is 3. The number of methoxy groups -OCH3 is 1. The van der Waals surface area contributed by atoms with Gasteiger partial charge in [-0.15, -0.1) is 0 Å². The first kappa shape index (κ1) is 17.4. The second-order valence-electron chi connectivity index (χ2n) is 5.82. The van der Waals surface area contributed by atoms with Gasteiger partial charge in [0.1, 0.15) is 0 Å². The molecule has 0 fully saturated rings. The highest BCUT2D eigenvalue weighted by Crippen LogP contribution is 2.22. The minimum Gasteiger partial charge on any atom is -0.469 e. The third-order valence-corrected chi connectivity index (χ3v) is 4.06. The number of rotatable bonds is 6. The van der Waals surface area contributed by atoms with Crippen LogP contribution in [0, 0.1) is 5.92 Å². The van der Waals surface area contributed by atoms with Crippen molar-refractivity contribution in [1.82, 2.24) is 15.0 Å². The SMILES string of the molecule is COC(=O)C(CNc1nc(N)nc(N)n1)Cc1cccc2ccccc12. The van der Waals surface area contributed by atoms with E-state index in [0.29, 0.717) is 6.42 Å². The molecule has 26 heavy (non-hydrogen) atoms. The molecule has 0 aliphatic heterocycles. The average molecular weight is 352 g/mol. The number of hydrogen-bond acceptors (Lipinski definition) is 8. The van der Waals surface area contributed by atoms with E-state index in [1.54, 1.807) is 0 Å². The number of ether oxygens (including phenoxy) is 1. The number of nitrogens with two attached hydrogens (primary N) is 2. The highest BCUT2D eigenvalue weighted by molar-refractivity contribution is 5.86. The number of benzene rings is 2. The van der Waals surface area contributed by atoms with Gasteiger partial charge in [-0.1, -0.05) is 42.5 Å². The van der Waals surface area contributed by atoms with Crippen LogP contribution < -0.4 is 16.8 Å². The average Bonchev–Trinajstić information content (AvgIpc) is 2.64. The number of fused-ring (bicyclic) bond motifs is 1. The van der Waals surface area contributed by atoms with Crippen LogP contribution in [0.15, 0.2) is 42.5 Å². The molecule has 8 nitrogen and oxygen atoms in total. The second-order valence-corrected chi connectivity index (χ2v) is 5.82. The Morgan fingerprint density at radius 3 is 2.50 bits per heavy atom. The first-order chi connectivity index (χ1) is 12.6. The molecular formula is C18H20N6O2. The molecule has 0 saturated heterocycles. The Kier molecular flexibility index (Phi) is 5.12. The Morgan fingerprint density at radius 2 is 1.77 bits per heavy atom. The molecule has 1 aromatic heterocycles. The lowest BCUT2D eigenvalue weighted by Crippen LogP contribution is -2.27. The van der Waals surface area contributed by atoms with Crippen molar-refractivity contribution >= 4 is 34.6 Å². The smallest absolute Gasteiger partial charge is 0.310 e. The molecule has 0 saturated carbocycles. The van der Waals surface area contributed by atoms with Gasteiger partial charge in [0.25, 0.3) is 0 Å². The van der Waals surface area contributed by atoms with Gasteiger partial charge in [-0.3, -0.25) is 4.79 Å². The van der Waals surface area contributed by atoms with Gasteiger partial charge in [0.2, 0.25) is 17.8 Å². The Bertz CT molecular complexity index is 905. The number of esters is 1. The van der Waals surface area contributed by atoms with Crippen molar-refractivity contribution in [3.05, 3.63) is 48.0 Å². The number of nitrogen functional groups attached to an aromatic ring is 2. The molecule has 2 aromatic carbocycles. The normalized spacial score (nSPS) is 11.9. The summed E-state index contributed by atoms with van der Waals surface area (Å²) < 4.78 is 4.95. The number of carbonyl (C=O) groups excluding carboxylic acids is 1. The van der Waals surface area contributed by atoms with Crippen molar-refractivity contribution in [2.24, 2.45) is 5.92 Å². The predicted octanol–water partition coefficient (Wildman–Crippen LogP) is 1.63. The highest BCUT2D eigenvalue weighted by atomic mass is 16.5. The fourth-order valence-electron chi connectivity index (χ4n) is 2.84. The molecule has 0 bridgehead atoms. The Morgan fingerprint density at radius 1 is 1.08 bits per heavy atom. The Labute approximate surface area is 150 Å². The first-order valence-corrected chi connectivity index (χ1v) is 8.12. The van der Waals surface area contributed by atoms with Crippen LogP contribution in [-0.4, -0.2) is 34.6 Å². The summed E-state index contributed by atoms with van der Waals surface area (Å²) >= 11 is 0. The van der Waals surface area contributed by atoms with E-state index in [0.717, 1.165) is 16.3 Å². The predicted molar refractivity (Wildman–Crippen MR) is 100 cm³/mol. The lowest BCUT2D eigenvalue weighted by atomic mass is 9.95. The zero-order chi connectivity index (χ0) is 18.5. The zero-order valence-corrected chi connectivity index (χ0v) is 14.3. The highest BCUT2D eigenvalue weighted by Gasteiger charge is 2.21. The summed E-state index contributed by atoms with van der Waals surface area (Å²) in [5.74, 6) is -0.486. The molecule has 3 aromatic rings. The van der Waals surface area contributed by atoms with Gasteiger partial charge in [0.05, 0.1) is 13.0 Å². The lowest BCUT2D eigenvalue weighted by molar-refractivity contribution is -0.144. The molecule has 1 unspecified atom stereocenters. The summed E-state index contributed by atoms with van der Waals surface area (Å²) in [5.41, 5.74) is 12.2. The largest absolute Gasteiger partial charge is 0.469 e. The molecule has 0 radical (unpaired) electrons. The number of carbonyl (C=O) groups is 1. The maximum atomic E-state index is 12.2. The van der Waals surface area contributed by atoms with Crippen LogP contribution in [0.3, 0.4) is 0 Å². The number of nitrogens with one attached hydrogen (secondary N) is 1. The van der Waals surface area contributed by atoms with Crippen LogP contribution in [0.1, 0.15) is 5.56 Å². The molecule has 0 spiro atoms. The van der Waals surface area contributed by atoms with Crippen molar-refractivity contribution in [3.63, 3.8) is 0 Å². The molecular weight excluding hydrogens is 332 g/mol. The monoisotopic (exact) mass is 352 g/mol. The van der Waals surface area contributed by atoms with Crippen molar-refractivity contribution in [3.8, 4) is 0 Å². The molecule has 8 heteroatoms. The molecule has 0 aliphatic rings. The first-order valence-electron chi connectivity index (χ1n) is 8.12. The quantitative estimate of drug-likeness (QED) is 0.571. The number of anilines is 3. The third kappa shape index (κ3) is 3.97. The van der Waals surface area contributed by atoms with Crippen molar-refractivity contribution in [1.29, 1.82) is 0 Å². The summed E-state index contributed by atoms with van der Waals surface area (Å²) in [7, 11) is 1.37. The van der Waals surface area contributed by atoms with E-state index in [9.17, 15) is 4.79 Å². The summed E-state index contributed by atoms with van der Waals surface area (Å²) in [5, 5.41) is 5.22.